The second kappa shape index (κ2) is 7.92. The molecule has 9 heteroatoms. The van der Waals surface area contributed by atoms with Crippen LogP contribution >= 0.6 is 0 Å². The summed E-state index contributed by atoms with van der Waals surface area (Å²) in [4.78, 5) is 26.1. The van der Waals surface area contributed by atoms with Crippen molar-refractivity contribution >= 4 is 11.6 Å². The number of aromatic nitrogens is 5. The number of carbonyl (C=O) groups excluding carboxylic acids is 1. The van der Waals surface area contributed by atoms with E-state index in [4.69, 9.17) is 4.52 Å². The van der Waals surface area contributed by atoms with Gasteiger partial charge in [0.15, 0.2) is 5.65 Å². The number of piperazine rings is 1. The highest BCUT2D eigenvalue weighted by atomic mass is 16.5. The third-order valence-corrected chi connectivity index (χ3v) is 5.66. The number of hydrogen-bond acceptors (Lipinski definition) is 7. The van der Waals surface area contributed by atoms with E-state index in [2.05, 4.69) is 25.1 Å². The number of rotatable bonds is 4. The molecule has 3 aromatic heterocycles. The Morgan fingerprint density at radius 2 is 1.90 bits per heavy atom. The fraction of sp³-hybridized carbons (Fsp3) is 0.318. The third-order valence-electron chi connectivity index (χ3n) is 5.66. The van der Waals surface area contributed by atoms with Crippen LogP contribution in [0.4, 0.5) is 0 Å². The second-order valence-electron chi connectivity index (χ2n) is 7.74. The summed E-state index contributed by atoms with van der Waals surface area (Å²) in [7, 11) is 0. The highest BCUT2D eigenvalue weighted by Gasteiger charge is 2.27. The van der Waals surface area contributed by atoms with Crippen LogP contribution in [0.25, 0.3) is 17.0 Å². The Morgan fingerprint density at radius 3 is 2.71 bits per heavy atom. The monoisotopic (exact) mass is 417 g/mol. The van der Waals surface area contributed by atoms with Crippen molar-refractivity contribution in [3.05, 3.63) is 65.4 Å². The van der Waals surface area contributed by atoms with E-state index in [-0.39, 0.29) is 5.91 Å². The van der Waals surface area contributed by atoms with E-state index in [1.165, 1.54) is 0 Å². The van der Waals surface area contributed by atoms with E-state index in [9.17, 15) is 4.79 Å². The van der Waals surface area contributed by atoms with Gasteiger partial charge in [-0.2, -0.15) is 10.1 Å². The molecule has 1 aliphatic heterocycles. The van der Waals surface area contributed by atoms with Gasteiger partial charge in [0, 0.05) is 44.1 Å². The number of benzene rings is 1. The minimum Gasteiger partial charge on any atom is -0.338 e. The van der Waals surface area contributed by atoms with E-state index < -0.39 is 0 Å². The molecular weight excluding hydrogens is 394 g/mol. The molecule has 31 heavy (non-hydrogen) atoms. The maximum absolute atomic E-state index is 13.1. The predicted molar refractivity (Wildman–Crippen MR) is 113 cm³/mol. The van der Waals surface area contributed by atoms with Gasteiger partial charge in [-0.3, -0.25) is 9.69 Å². The summed E-state index contributed by atoms with van der Waals surface area (Å²) in [6, 6.07) is 9.78. The Hall–Kier alpha value is -3.59. The lowest BCUT2D eigenvalue weighted by atomic mass is 10.1. The molecule has 0 radical (unpaired) electrons. The Kier molecular flexibility index (Phi) is 4.95. The highest BCUT2D eigenvalue weighted by Crippen LogP contribution is 2.21. The fourth-order valence-corrected chi connectivity index (χ4v) is 3.96. The zero-order valence-corrected chi connectivity index (χ0v) is 17.5. The summed E-state index contributed by atoms with van der Waals surface area (Å²) >= 11 is 0. The maximum atomic E-state index is 13.1. The van der Waals surface area contributed by atoms with Gasteiger partial charge < -0.3 is 9.42 Å². The summed E-state index contributed by atoms with van der Waals surface area (Å²) in [5.41, 5.74) is 3.96. The fourth-order valence-electron chi connectivity index (χ4n) is 3.96. The van der Waals surface area contributed by atoms with Gasteiger partial charge in [0.1, 0.15) is 5.56 Å². The van der Waals surface area contributed by atoms with Crippen LogP contribution in [-0.4, -0.2) is 66.6 Å². The Balaban J connectivity index is 1.23. The molecule has 5 rings (SSSR count). The molecule has 0 N–H and O–H groups in total. The molecule has 0 saturated carbocycles. The van der Waals surface area contributed by atoms with Gasteiger partial charge in [-0.1, -0.05) is 29.4 Å². The largest absolute Gasteiger partial charge is 0.338 e. The number of amides is 1. The molecule has 0 spiro atoms. The number of nitrogens with zero attached hydrogens (tertiary/aromatic N) is 7. The molecule has 0 unspecified atom stereocenters. The molecule has 1 aromatic carbocycles. The zero-order chi connectivity index (χ0) is 21.4. The van der Waals surface area contributed by atoms with Crippen LogP contribution in [0.1, 0.15) is 27.5 Å². The summed E-state index contributed by atoms with van der Waals surface area (Å²) in [6.45, 7) is 7.17. The van der Waals surface area contributed by atoms with Gasteiger partial charge >= 0.3 is 0 Å². The molecule has 1 aliphatic rings. The topological polar surface area (TPSA) is 92.7 Å². The minimum absolute atomic E-state index is 0.0227. The van der Waals surface area contributed by atoms with Crippen molar-refractivity contribution in [1.82, 2.24) is 34.5 Å². The standard InChI is InChI=1S/C22H23N7O2/c1-15-6-3-4-7-17(15)20-24-18(31-26-20)14-27-10-12-28(13-11-27)22(30)19-16(2)25-29-9-5-8-23-21(19)29/h3-9H,10-14H2,1-2H3. The average Bonchev–Trinajstić information content (AvgIpc) is 3.37. The third kappa shape index (κ3) is 3.68. The highest BCUT2D eigenvalue weighted by molar-refractivity contribution is 6.01. The lowest BCUT2D eigenvalue weighted by Crippen LogP contribution is -2.48. The van der Waals surface area contributed by atoms with Crippen molar-refractivity contribution in [3.63, 3.8) is 0 Å². The first-order valence-electron chi connectivity index (χ1n) is 10.3. The van der Waals surface area contributed by atoms with Gasteiger partial charge in [0.05, 0.1) is 12.2 Å². The van der Waals surface area contributed by atoms with Crippen LogP contribution in [-0.2, 0) is 6.54 Å². The summed E-state index contributed by atoms with van der Waals surface area (Å²) < 4.78 is 7.12. The number of carbonyl (C=O) groups is 1. The Bertz CT molecular complexity index is 1240. The van der Waals surface area contributed by atoms with Crippen LogP contribution in [0.15, 0.2) is 47.2 Å². The van der Waals surface area contributed by atoms with Crippen molar-refractivity contribution in [2.24, 2.45) is 0 Å². The average molecular weight is 417 g/mol. The van der Waals surface area contributed by atoms with E-state index in [1.807, 2.05) is 43.0 Å². The smallest absolute Gasteiger partial charge is 0.259 e. The molecular formula is C22H23N7O2. The van der Waals surface area contributed by atoms with Crippen molar-refractivity contribution in [2.45, 2.75) is 20.4 Å². The lowest BCUT2D eigenvalue weighted by Gasteiger charge is -2.33. The predicted octanol–water partition coefficient (Wildman–Crippen LogP) is 2.35. The van der Waals surface area contributed by atoms with Gasteiger partial charge in [-0.05, 0) is 25.5 Å². The van der Waals surface area contributed by atoms with Crippen LogP contribution < -0.4 is 0 Å². The van der Waals surface area contributed by atoms with Crippen LogP contribution in [0.5, 0.6) is 0 Å². The Labute approximate surface area is 179 Å². The van der Waals surface area contributed by atoms with E-state index in [1.54, 1.807) is 23.0 Å². The zero-order valence-electron chi connectivity index (χ0n) is 17.5. The summed E-state index contributed by atoms with van der Waals surface area (Å²) in [5.74, 6) is 1.17. The molecule has 0 atom stereocenters. The van der Waals surface area contributed by atoms with Gasteiger partial charge in [-0.15, -0.1) is 0 Å². The normalized spacial score (nSPS) is 15.0. The van der Waals surface area contributed by atoms with E-state index in [0.717, 1.165) is 24.2 Å². The summed E-state index contributed by atoms with van der Waals surface area (Å²) in [6.07, 6.45) is 3.49. The first-order chi connectivity index (χ1) is 15.1. The van der Waals surface area contributed by atoms with Crippen molar-refractivity contribution < 1.29 is 9.32 Å². The molecule has 0 aliphatic carbocycles. The molecule has 0 bridgehead atoms. The molecule has 4 heterocycles. The van der Waals surface area contributed by atoms with Crippen molar-refractivity contribution in [1.29, 1.82) is 0 Å². The van der Waals surface area contributed by atoms with Crippen LogP contribution in [0, 0.1) is 13.8 Å². The molecule has 158 valence electrons. The van der Waals surface area contributed by atoms with Gasteiger partial charge in [0.2, 0.25) is 11.7 Å². The van der Waals surface area contributed by atoms with Crippen LogP contribution in [0.2, 0.25) is 0 Å². The van der Waals surface area contributed by atoms with Crippen LogP contribution in [0.3, 0.4) is 0 Å². The molecule has 1 amide bonds. The molecule has 4 aromatic rings. The van der Waals surface area contributed by atoms with Gasteiger partial charge in [0.25, 0.3) is 5.91 Å². The van der Waals surface area contributed by atoms with E-state index in [0.29, 0.717) is 48.3 Å². The number of fused-ring (bicyclic) bond motifs is 1. The quantitative estimate of drug-likeness (QED) is 0.503. The summed E-state index contributed by atoms with van der Waals surface area (Å²) in [5, 5.41) is 8.54. The molecule has 1 fully saturated rings. The van der Waals surface area contributed by atoms with Crippen molar-refractivity contribution in [3.8, 4) is 11.4 Å². The second-order valence-corrected chi connectivity index (χ2v) is 7.74. The lowest BCUT2D eigenvalue weighted by molar-refractivity contribution is 0.0616. The minimum atomic E-state index is -0.0227. The SMILES string of the molecule is Cc1ccccc1-c1noc(CN2CCN(C(=O)c3c(C)nn4cccnc34)CC2)n1. The first kappa shape index (κ1) is 19.4. The van der Waals surface area contributed by atoms with Gasteiger partial charge in [-0.25, -0.2) is 9.50 Å². The number of aryl methyl sites for hydroxylation is 2. The number of hydrogen-bond donors (Lipinski definition) is 0. The maximum Gasteiger partial charge on any atom is 0.259 e. The van der Waals surface area contributed by atoms with Crippen molar-refractivity contribution in [2.75, 3.05) is 26.2 Å². The molecule has 1 saturated heterocycles. The van der Waals surface area contributed by atoms with E-state index >= 15 is 0 Å². The Morgan fingerprint density at radius 1 is 1.10 bits per heavy atom. The molecule has 9 nitrogen and oxygen atoms in total. The first-order valence-corrected chi connectivity index (χ1v) is 10.3.